The van der Waals surface area contributed by atoms with Gasteiger partial charge >= 0.3 is 0 Å². The molecule has 0 spiro atoms. The fraction of sp³-hybridized carbons (Fsp3) is 0.0833. The van der Waals surface area contributed by atoms with Crippen LogP contribution < -0.4 is 5.32 Å². The van der Waals surface area contributed by atoms with Crippen LogP contribution in [-0.4, -0.2) is 19.9 Å². The van der Waals surface area contributed by atoms with E-state index in [4.69, 9.17) is 0 Å². The van der Waals surface area contributed by atoms with Gasteiger partial charge in [-0.05, 0) is 17.7 Å². The predicted molar refractivity (Wildman–Crippen MR) is 73.1 cm³/mol. The molecule has 3 aromatic rings. The maximum atomic E-state index is 13.2. The number of nitrogens with zero attached hydrogens (tertiary/aromatic N) is 3. The third kappa shape index (κ3) is 2.34. The van der Waals surface area contributed by atoms with Crippen molar-refractivity contribution < 1.29 is 8.78 Å². The van der Waals surface area contributed by atoms with Gasteiger partial charge in [0, 0.05) is 11.0 Å². The first kappa shape index (κ1) is 12.9. The molecule has 102 valence electrons. The second-order valence-electron chi connectivity index (χ2n) is 4.03. The van der Waals surface area contributed by atoms with E-state index in [2.05, 4.69) is 41.2 Å². The van der Waals surface area contributed by atoms with E-state index in [1.54, 1.807) is 0 Å². The van der Waals surface area contributed by atoms with Crippen molar-refractivity contribution >= 4 is 32.9 Å². The molecule has 8 heteroatoms. The minimum Gasteiger partial charge on any atom is -0.364 e. The normalized spacial score (nSPS) is 10.9. The van der Waals surface area contributed by atoms with Gasteiger partial charge in [0.2, 0.25) is 0 Å². The van der Waals surface area contributed by atoms with Gasteiger partial charge in [-0.2, -0.15) is 0 Å². The number of hydrogen-bond acceptors (Lipinski definition) is 4. The standard InChI is InChI=1S/C12H8BrF2N5/c13-7-2-9(15)8(14)1-6(7)3-16-11-10-12(18-4-17-10)20-5-19-11/h1-2,4-5H,3H2,(H2,16,17,18,19,20). The van der Waals surface area contributed by atoms with Crippen LogP contribution >= 0.6 is 15.9 Å². The number of fused-ring (bicyclic) bond motifs is 1. The van der Waals surface area contributed by atoms with Gasteiger partial charge in [-0.1, -0.05) is 15.9 Å². The molecule has 0 aliphatic heterocycles. The number of benzene rings is 1. The van der Waals surface area contributed by atoms with Crippen molar-refractivity contribution in [3.05, 3.63) is 46.5 Å². The minimum atomic E-state index is -0.890. The Kier molecular flexibility index (Phi) is 3.31. The molecule has 2 N–H and O–H groups in total. The lowest BCUT2D eigenvalue weighted by Crippen LogP contribution is -2.04. The van der Waals surface area contributed by atoms with Crippen LogP contribution in [0, 0.1) is 11.6 Å². The monoisotopic (exact) mass is 339 g/mol. The summed E-state index contributed by atoms with van der Waals surface area (Å²) < 4.78 is 26.7. The highest BCUT2D eigenvalue weighted by atomic mass is 79.9. The van der Waals surface area contributed by atoms with E-state index in [0.29, 0.717) is 27.0 Å². The van der Waals surface area contributed by atoms with E-state index in [9.17, 15) is 8.78 Å². The lowest BCUT2D eigenvalue weighted by atomic mass is 10.2. The van der Waals surface area contributed by atoms with Crippen molar-refractivity contribution in [2.24, 2.45) is 0 Å². The van der Waals surface area contributed by atoms with Gasteiger partial charge in [0.05, 0.1) is 6.33 Å². The van der Waals surface area contributed by atoms with Crippen LogP contribution in [0.3, 0.4) is 0 Å². The highest BCUT2D eigenvalue weighted by molar-refractivity contribution is 9.10. The number of hydrogen-bond donors (Lipinski definition) is 2. The Hall–Kier alpha value is -2.09. The Morgan fingerprint density at radius 2 is 1.95 bits per heavy atom. The number of aromatic nitrogens is 4. The fourth-order valence-electron chi connectivity index (χ4n) is 1.78. The molecule has 0 bridgehead atoms. The molecular weight excluding hydrogens is 332 g/mol. The van der Waals surface area contributed by atoms with Gasteiger partial charge in [0.25, 0.3) is 0 Å². The number of imidazole rings is 1. The minimum absolute atomic E-state index is 0.281. The third-order valence-electron chi connectivity index (χ3n) is 2.76. The largest absolute Gasteiger partial charge is 0.364 e. The summed E-state index contributed by atoms with van der Waals surface area (Å²) in [4.78, 5) is 15.0. The molecule has 0 unspecified atom stereocenters. The van der Waals surface area contributed by atoms with E-state index in [0.717, 1.165) is 12.1 Å². The van der Waals surface area contributed by atoms with E-state index in [1.165, 1.54) is 12.7 Å². The fourth-order valence-corrected chi connectivity index (χ4v) is 2.23. The Balaban J connectivity index is 1.86. The second-order valence-corrected chi connectivity index (χ2v) is 4.89. The molecule has 0 aliphatic rings. The lowest BCUT2D eigenvalue weighted by molar-refractivity contribution is 0.506. The first-order chi connectivity index (χ1) is 9.65. The molecule has 20 heavy (non-hydrogen) atoms. The van der Waals surface area contributed by atoms with Crippen molar-refractivity contribution in [3.8, 4) is 0 Å². The van der Waals surface area contributed by atoms with Gasteiger partial charge in [-0.3, -0.25) is 0 Å². The van der Waals surface area contributed by atoms with Gasteiger partial charge < -0.3 is 10.3 Å². The predicted octanol–water partition coefficient (Wildman–Crippen LogP) is 3.01. The van der Waals surface area contributed by atoms with E-state index >= 15 is 0 Å². The van der Waals surface area contributed by atoms with Crippen molar-refractivity contribution in [2.75, 3.05) is 5.32 Å². The van der Waals surface area contributed by atoms with Gasteiger partial charge in [-0.15, -0.1) is 0 Å². The quantitative estimate of drug-likeness (QED) is 0.720. The average molecular weight is 340 g/mol. The zero-order valence-electron chi connectivity index (χ0n) is 9.99. The van der Waals surface area contributed by atoms with Crippen LogP contribution in [0.25, 0.3) is 11.2 Å². The van der Waals surface area contributed by atoms with Crippen LogP contribution in [0.15, 0.2) is 29.3 Å². The lowest BCUT2D eigenvalue weighted by Gasteiger charge is -2.08. The molecule has 5 nitrogen and oxygen atoms in total. The first-order valence-corrected chi connectivity index (χ1v) is 6.46. The summed E-state index contributed by atoms with van der Waals surface area (Å²) in [7, 11) is 0. The molecule has 0 atom stereocenters. The van der Waals surface area contributed by atoms with E-state index in [-0.39, 0.29) is 6.54 Å². The highest BCUT2D eigenvalue weighted by Gasteiger charge is 2.10. The molecule has 0 radical (unpaired) electrons. The van der Waals surface area contributed by atoms with Gasteiger partial charge in [-0.25, -0.2) is 23.7 Å². The second kappa shape index (κ2) is 5.12. The number of H-pyrrole nitrogens is 1. The molecule has 0 fully saturated rings. The summed E-state index contributed by atoms with van der Waals surface area (Å²) in [5, 5.41) is 3.04. The summed E-state index contributed by atoms with van der Waals surface area (Å²) in [6.45, 7) is 0.281. The zero-order chi connectivity index (χ0) is 14.1. The summed E-state index contributed by atoms with van der Waals surface area (Å²) >= 11 is 3.20. The number of aromatic amines is 1. The number of anilines is 1. The summed E-state index contributed by atoms with van der Waals surface area (Å²) in [6, 6.07) is 2.23. The first-order valence-electron chi connectivity index (χ1n) is 5.66. The van der Waals surface area contributed by atoms with Crippen LogP contribution in [-0.2, 0) is 6.54 Å². The Bertz CT molecular complexity index is 774. The summed E-state index contributed by atoms with van der Waals surface area (Å²) in [5.41, 5.74) is 1.77. The molecule has 0 amide bonds. The van der Waals surface area contributed by atoms with Crippen molar-refractivity contribution in [2.45, 2.75) is 6.54 Å². The molecule has 2 heterocycles. The number of nitrogens with one attached hydrogen (secondary N) is 2. The SMILES string of the molecule is Fc1cc(Br)c(CNc2ncnc3nc[nH]c23)cc1F. The Morgan fingerprint density at radius 3 is 2.80 bits per heavy atom. The molecule has 3 rings (SSSR count). The maximum absolute atomic E-state index is 13.2. The maximum Gasteiger partial charge on any atom is 0.182 e. The molecule has 0 saturated heterocycles. The average Bonchev–Trinajstić information content (AvgIpc) is 2.90. The molecule has 1 aromatic carbocycles. The van der Waals surface area contributed by atoms with Crippen LogP contribution in [0.1, 0.15) is 5.56 Å². The molecular formula is C12H8BrF2N5. The van der Waals surface area contributed by atoms with E-state index in [1.807, 2.05) is 0 Å². The number of halogens is 3. The highest BCUT2D eigenvalue weighted by Crippen LogP contribution is 2.22. The van der Waals surface area contributed by atoms with Crippen LogP contribution in [0.4, 0.5) is 14.6 Å². The summed E-state index contributed by atoms with van der Waals surface area (Å²) in [5.74, 6) is -1.23. The van der Waals surface area contributed by atoms with Crippen molar-refractivity contribution in [1.29, 1.82) is 0 Å². The topological polar surface area (TPSA) is 66.5 Å². The van der Waals surface area contributed by atoms with E-state index < -0.39 is 11.6 Å². The zero-order valence-corrected chi connectivity index (χ0v) is 11.6. The van der Waals surface area contributed by atoms with Crippen LogP contribution in [0.5, 0.6) is 0 Å². The van der Waals surface area contributed by atoms with Gasteiger partial charge in [0.15, 0.2) is 23.1 Å². The van der Waals surface area contributed by atoms with Gasteiger partial charge in [0.1, 0.15) is 11.8 Å². The molecule has 0 aliphatic carbocycles. The molecule has 2 aromatic heterocycles. The smallest absolute Gasteiger partial charge is 0.182 e. The Morgan fingerprint density at radius 1 is 1.15 bits per heavy atom. The summed E-state index contributed by atoms with van der Waals surface area (Å²) in [6.07, 6.45) is 2.89. The van der Waals surface area contributed by atoms with Crippen LogP contribution in [0.2, 0.25) is 0 Å². The number of rotatable bonds is 3. The third-order valence-corrected chi connectivity index (χ3v) is 3.50. The Labute approximate surface area is 120 Å². The van der Waals surface area contributed by atoms with Crippen molar-refractivity contribution in [3.63, 3.8) is 0 Å². The molecule has 0 saturated carbocycles. The van der Waals surface area contributed by atoms with Crippen molar-refractivity contribution in [1.82, 2.24) is 19.9 Å².